The largest absolute Gasteiger partial charge is 0.493 e. The number of hydrogen-bond donors (Lipinski definition) is 2. The summed E-state index contributed by atoms with van der Waals surface area (Å²) in [6.07, 6.45) is 1.41. The molecule has 3 rings (SSSR count). The summed E-state index contributed by atoms with van der Waals surface area (Å²) < 4.78 is 11.8. The Labute approximate surface area is 219 Å². The molecule has 0 aliphatic heterocycles. The summed E-state index contributed by atoms with van der Waals surface area (Å²) in [5.41, 5.74) is 1.72. The molecule has 0 heterocycles. The number of hydrogen-bond acceptors (Lipinski definition) is 5. The number of nitriles is 1. The Morgan fingerprint density at radius 3 is 2.43 bits per heavy atom. The van der Waals surface area contributed by atoms with E-state index in [-0.39, 0.29) is 22.8 Å². The third kappa shape index (κ3) is 6.76. The highest BCUT2D eigenvalue weighted by atomic mass is 79.9. The van der Waals surface area contributed by atoms with E-state index in [0.29, 0.717) is 32.2 Å². The molecule has 0 bridgehead atoms. The lowest BCUT2D eigenvalue weighted by Gasteiger charge is -2.14. The van der Waals surface area contributed by atoms with Gasteiger partial charge in [-0.15, -0.1) is 0 Å². The molecule has 0 aromatic heterocycles. The van der Waals surface area contributed by atoms with Crippen LogP contribution in [-0.2, 0) is 11.4 Å². The van der Waals surface area contributed by atoms with Crippen molar-refractivity contribution in [3.8, 4) is 17.6 Å². The van der Waals surface area contributed by atoms with Crippen LogP contribution in [0.5, 0.6) is 11.5 Å². The maximum atomic E-state index is 12.6. The van der Waals surface area contributed by atoms with E-state index >= 15 is 0 Å². The van der Waals surface area contributed by atoms with E-state index in [1.54, 1.807) is 30.3 Å². The first-order valence-corrected chi connectivity index (χ1v) is 11.5. The molecule has 0 atom stereocenters. The van der Waals surface area contributed by atoms with Crippen molar-refractivity contribution in [2.24, 2.45) is 0 Å². The lowest BCUT2D eigenvalue weighted by Crippen LogP contribution is -2.13. The Kier molecular flexibility index (Phi) is 8.77. The van der Waals surface area contributed by atoms with E-state index in [1.165, 1.54) is 37.5 Å². The SMILES string of the molecule is COc1cc(/C=C(\C#N)C(=O)Nc2ccc(Cl)c(Cl)c2)cc(Br)c1OCc1ccc(C(=O)O)cc1. The van der Waals surface area contributed by atoms with Crippen molar-refractivity contribution < 1.29 is 24.2 Å². The van der Waals surface area contributed by atoms with Crippen molar-refractivity contribution in [3.63, 3.8) is 0 Å². The smallest absolute Gasteiger partial charge is 0.335 e. The number of carbonyl (C=O) groups is 2. The number of nitrogens with zero attached hydrogens (tertiary/aromatic N) is 1. The monoisotopic (exact) mass is 574 g/mol. The number of amides is 1. The second-order valence-corrected chi connectivity index (χ2v) is 8.75. The normalized spacial score (nSPS) is 10.9. The van der Waals surface area contributed by atoms with Crippen LogP contribution in [0, 0.1) is 11.3 Å². The van der Waals surface area contributed by atoms with Crippen molar-refractivity contribution in [1.29, 1.82) is 5.26 Å². The zero-order valence-corrected chi connectivity index (χ0v) is 21.2. The van der Waals surface area contributed by atoms with Gasteiger partial charge in [-0.05, 0) is 75.6 Å². The fourth-order valence-electron chi connectivity index (χ4n) is 2.95. The van der Waals surface area contributed by atoms with E-state index in [0.717, 1.165) is 5.56 Å². The summed E-state index contributed by atoms with van der Waals surface area (Å²) >= 11 is 15.3. The average Bonchev–Trinajstić information content (AvgIpc) is 2.84. The van der Waals surface area contributed by atoms with E-state index in [4.69, 9.17) is 37.8 Å². The molecular weight excluding hydrogens is 559 g/mol. The molecule has 0 unspecified atom stereocenters. The van der Waals surface area contributed by atoms with Crippen LogP contribution in [0.3, 0.4) is 0 Å². The lowest BCUT2D eigenvalue weighted by molar-refractivity contribution is -0.112. The van der Waals surface area contributed by atoms with Crippen molar-refractivity contribution in [2.45, 2.75) is 6.61 Å². The highest BCUT2D eigenvalue weighted by Crippen LogP contribution is 2.38. The number of anilines is 1. The van der Waals surface area contributed by atoms with Crippen LogP contribution in [0.2, 0.25) is 10.0 Å². The molecule has 0 saturated heterocycles. The molecule has 0 spiro atoms. The molecule has 7 nitrogen and oxygen atoms in total. The number of carbonyl (C=O) groups excluding carboxylic acids is 1. The van der Waals surface area contributed by atoms with Gasteiger partial charge in [-0.1, -0.05) is 35.3 Å². The van der Waals surface area contributed by atoms with Gasteiger partial charge in [0, 0.05) is 5.69 Å². The Bertz CT molecular complexity index is 1350. The molecule has 2 N–H and O–H groups in total. The number of halogens is 3. The second kappa shape index (κ2) is 11.8. The zero-order valence-electron chi connectivity index (χ0n) is 18.1. The molecular formula is C25H17BrCl2N2O5. The summed E-state index contributed by atoms with van der Waals surface area (Å²) in [6.45, 7) is 0.166. The molecule has 10 heteroatoms. The summed E-state index contributed by atoms with van der Waals surface area (Å²) in [5.74, 6) is -0.847. The minimum absolute atomic E-state index is 0.141. The van der Waals surface area contributed by atoms with Gasteiger partial charge < -0.3 is 19.9 Å². The first kappa shape index (κ1) is 26.1. The van der Waals surface area contributed by atoms with Gasteiger partial charge in [-0.25, -0.2) is 4.79 Å². The van der Waals surface area contributed by atoms with Gasteiger partial charge in [0.1, 0.15) is 18.2 Å². The fraction of sp³-hybridized carbons (Fsp3) is 0.0800. The van der Waals surface area contributed by atoms with Crippen molar-refractivity contribution in [1.82, 2.24) is 0 Å². The molecule has 1 amide bonds. The van der Waals surface area contributed by atoms with Gasteiger partial charge in [-0.3, -0.25) is 4.79 Å². The van der Waals surface area contributed by atoms with Crippen LogP contribution < -0.4 is 14.8 Å². The molecule has 0 saturated carbocycles. The number of rotatable bonds is 8. The van der Waals surface area contributed by atoms with Crippen molar-refractivity contribution in [2.75, 3.05) is 12.4 Å². The van der Waals surface area contributed by atoms with Crippen LogP contribution in [0.15, 0.2) is 64.6 Å². The predicted molar refractivity (Wildman–Crippen MR) is 137 cm³/mol. The fourth-order valence-corrected chi connectivity index (χ4v) is 3.82. The van der Waals surface area contributed by atoms with Gasteiger partial charge >= 0.3 is 5.97 Å². The summed E-state index contributed by atoms with van der Waals surface area (Å²) in [7, 11) is 1.46. The van der Waals surface area contributed by atoms with Crippen LogP contribution in [0.1, 0.15) is 21.5 Å². The molecule has 0 fully saturated rings. The minimum Gasteiger partial charge on any atom is -0.493 e. The lowest BCUT2D eigenvalue weighted by atomic mass is 10.1. The van der Waals surface area contributed by atoms with Gasteiger partial charge in [-0.2, -0.15) is 5.26 Å². The zero-order chi connectivity index (χ0) is 25.5. The van der Waals surface area contributed by atoms with Crippen LogP contribution in [0.25, 0.3) is 6.08 Å². The van der Waals surface area contributed by atoms with Crippen LogP contribution in [0.4, 0.5) is 5.69 Å². The predicted octanol–water partition coefficient (Wildman–Crippen LogP) is 6.59. The first-order valence-electron chi connectivity index (χ1n) is 9.92. The highest BCUT2D eigenvalue weighted by Gasteiger charge is 2.15. The van der Waals surface area contributed by atoms with Gasteiger partial charge in [0.2, 0.25) is 0 Å². The molecule has 0 aliphatic rings. The summed E-state index contributed by atoms with van der Waals surface area (Å²) in [6, 6.07) is 16.1. The Morgan fingerprint density at radius 1 is 1.11 bits per heavy atom. The number of benzene rings is 3. The Balaban J connectivity index is 1.79. The molecule has 35 heavy (non-hydrogen) atoms. The number of ether oxygens (including phenoxy) is 2. The molecule has 0 aliphatic carbocycles. The average molecular weight is 576 g/mol. The second-order valence-electron chi connectivity index (χ2n) is 7.08. The molecule has 3 aromatic carbocycles. The van der Waals surface area contributed by atoms with E-state index in [2.05, 4.69) is 21.2 Å². The highest BCUT2D eigenvalue weighted by molar-refractivity contribution is 9.10. The maximum Gasteiger partial charge on any atom is 0.335 e. The standard InChI is InChI=1S/C25H17BrCl2N2O5/c1-34-22-10-15(8-17(12-29)24(31)30-18-6-7-20(27)21(28)11-18)9-19(26)23(22)35-13-14-2-4-16(5-3-14)25(32)33/h2-11H,13H2,1H3,(H,30,31)(H,32,33)/b17-8+. The topological polar surface area (TPSA) is 109 Å². The number of carboxylic acid groups (broad SMARTS) is 1. The van der Waals surface area contributed by atoms with E-state index in [9.17, 15) is 14.9 Å². The molecule has 178 valence electrons. The van der Waals surface area contributed by atoms with E-state index < -0.39 is 11.9 Å². The van der Waals surface area contributed by atoms with Crippen LogP contribution in [-0.4, -0.2) is 24.1 Å². The summed E-state index contributed by atoms with van der Waals surface area (Å²) in [4.78, 5) is 23.6. The third-order valence-corrected chi connectivity index (χ3v) is 6.02. The Hall–Kier alpha value is -3.51. The maximum absolute atomic E-state index is 12.6. The summed E-state index contributed by atoms with van der Waals surface area (Å²) in [5, 5.41) is 21.8. The number of aromatic carboxylic acids is 1. The van der Waals surface area contributed by atoms with Crippen molar-refractivity contribution in [3.05, 3.63) is 91.4 Å². The van der Waals surface area contributed by atoms with Crippen molar-refractivity contribution >= 4 is 62.8 Å². The molecule has 3 aromatic rings. The molecule has 0 radical (unpaired) electrons. The third-order valence-electron chi connectivity index (χ3n) is 4.69. The minimum atomic E-state index is -1.01. The number of carboxylic acids is 1. The van der Waals surface area contributed by atoms with Crippen LogP contribution >= 0.6 is 39.1 Å². The van der Waals surface area contributed by atoms with Gasteiger partial charge in [0.05, 0.1) is 27.2 Å². The van der Waals surface area contributed by atoms with E-state index in [1.807, 2.05) is 6.07 Å². The first-order chi connectivity index (χ1) is 16.7. The number of nitrogens with one attached hydrogen (secondary N) is 1. The van der Waals surface area contributed by atoms with Gasteiger partial charge in [0.15, 0.2) is 11.5 Å². The van der Waals surface area contributed by atoms with Gasteiger partial charge in [0.25, 0.3) is 5.91 Å². The Morgan fingerprint density at radius 2 is 1.83 bits per heavy atom. The number of methoxy groups -OCH3 is 1. The quantitative estimate of drug-likeness (QED) is 0.232.